The second-order valence-corrected chi connectivity index (χ2v) is 12.2. The summed E-state index contributed by atoms with van der Waals surface area (Å²) in [5.41, 5.74) is 12.0. The highest BCUT2D eigenvalue weighted by Crippen LogP contribution is 2.45. The molecular formula is C46H31NO. The molecule has 226 valence electrons. The number of hydrogen-bond acceptors (Lipinski definition) is 2. The van der Waals surface area contributed by atoms with Crippen LogP contribution in [0.25, 0.3) is 66.1 Å². The molecule has 0 atom stereocenters. The van der Waals surface area contributed by atoms with Crippen molar-refractivity contribution >= 4 is 49.8 Å². The first kappa shape index (κ1) is 27.9. The Hall–Kier alpha value is -6.38. The summed E-state index contributed by atoms with van der Waals surface area (Å²) in [5.74, 6) is 0. The lowest BCUT2D eigenvalue weighted by Crippen LogP contribution is -2.10. The van der Waals surface area contributed by atoms with E-state index in [0.717, 1.165) is 50.1 Å². The van der Waals surface area contributed by atoms with Crippen LogP contribution < -0.4 is 4.90 Å². The van der Waals surface area contributed by atoms with E-state index in [0.29, 0.717) is 0 Å². The fourth-order valence-corrected chi connectivity index (χ4v) is 6.91. The molecule has 0 bridgehead atoms. The van der Waals surface area contributed by atoms with Gasteiger partial charge in [-0.2, -0.15) is 0 Å². The Morgan fingerprint density at radius 3 is 1.44 bits per heavy atom. The summed E-state index contributed by atoms with van der Waals surface area (Å²) in [6, 6.07) is 66.8. The third-order valence-corrected chi connectivity index (χ3v) is 9.25. The van der Waals surface area contributed by atoms with Crippen molar-refractivity contribution in [3.05, 3.63) is 188 Å². The van der Waals surface area contributed by atoms with E-state index in [-0.39, 0.29) is 0 Å². The summed E-state index contributed by atoms with van der Waals surface area (Å²) in [7, 11) is 0. The number of anilines is 3. The van der Waals surface area contributed by atoms with Crippen LogP contribution >= 0.6 is 0 Å². The maximum atomic E-state index is 6.70. The lowest BCUT2D eigenvalue weighted by Gasteiger charge is -2.27. The molecule has 0 spiro atoms. The number of hydrogen-bond donors (Lipinski definition) is 0. The van der Waals surface area contributed by atoms with Crippen molar-refractivity contribution in [2.24, 2.45) is 0 Å². The van der Waals surface area contributed by atoms with Gasteiger partial charge < -0.3 is 9.32 Å². The molecule has 1 aromatic heterocycles. The second-order valence-electron chi connectivity index (χ2n) is 12.2. The van der Waals surface area contributed by atoms with E-state index in [9.17, 15) is 0 Å². The SMILES string of the molecule is c1ccc(-c2ccc(N(c3ccc(-c4ccccc4)cc3)c3cc(-c4ccccc4)c4oc5ccc6ccccc6c5c4c3)cc2)cc1. The largest absolute Gasteiger partial charge is 0.455 e. The van der Waals surface area contributed by atoms with Gasteiger partial charge in [-0.15, -0.1) is 0 Å². The van der Waals surface area contributed by atoms with Gasteiger partial charge in [-0.05, 0) is 81.1 Å². The van der Waals surface area contributed by atoms with Crippen LogP contribution in [0.2, 0.25) is 0 Å². The molecule has 0 aliphatic rings. The van der Waals surface area contributed by atoms with Gasteiger partial charge in [0.2, 0.25) is 0 Å². The summed E-state index contributed by atoms with van der Waals surface area (Å²) in [5, 5.41) is 4.63. The van der Waals surface area contributed by atoms with Crippen molar-refractivity contribution in [2.75, 3.05) is 4.90 Å². The molecule has 8 aromatic carbocycles. The van der Waals surface area contributed by atoms with Crippen LogP contribution in [0.4, 0.5) is 17.1 Å². The fourth-order valence-electron chi connectivity index (χ4n) is 6.91. The molecule has 0 saturated carbocycles. The average molecular weight is 614 g/mol. The Bertz CT molecular complexity index is 2430. The smallest absolute Gasteiger partial charge is 0.143 e. The number of furan rings is 1. The van der Waals surface area contributed by atoms with E-state index in [1.807, 2.05) is 0 Å². The lowest BCUT2D eigenvalue weighted by atomic mass is 9.98. The molecule has 9 rings (SSSR count). The molecule has 48 heavy (non-hydrogen) atoms. The van der Waals surface area contributed by atoms with Crippen LogP contribution in [-0.2, 0) is 0 Å². The standard InChI is InChI=1S/C46H31NO/c1-4-12-32(13-5-1)34-20-25-38(26-21-34)47(39-27-22-35(23-28-39)33-14-6-2-7-15-33)40-30-42(36-16-8-3-9-17-36)46-43(31-40)45-41-19-11-10-18-37(41)24-29-44(45)48-46/h1-31H. The second kappa shape index (κ2) is 11.8. The molecule has 0 fully saturated rings. The van der Waals surface area contributed by atoms with Gasteiger partial charge in [0.15, 0.2) is 0 Å². The molecule has 1 heterocycles. The van der Waals surface area contributed by atoms with Crippen LogP contribution in [0.3, 0.4) is 0 Å². The number of rotatable bonds is 6. The minimum Gasteiger partial charge on any atom is -0.455 e. The van der Waals surface area contributed by atoms with Gasteiger partial charge >= 0.3 is 0 Å². The Morgan fingerprint density at radius 2 is 0.854 bits per heavy atom. The molecule has 0 aliphatic carbocycles. The lowest BCUT2D eigenvalue weighted by molar-refractivity contribution is 0.670. The summed E-state index contributed by atoms with van der Waals surface area (Å²) in [4.78, 5) is 2.36. The van der Waals surface area contributed by atoms with Crippen molar-refractivity contribution in [3.8, 4) is 33.4 Å². The molecule has 0 unspecified atom stereocenters. The Balaban J connectivity index is 1.29. The van der Waals surface area contributed by atoms with Gasteiger partial charge in [-0.25, -0.2) is 0 Å². The third-order valence-electron chi connectivity index (χ3n) is 9.25. The third kappa shape index (κ3) is 4.92. The van der Waals surface area contributed by atoms with E-state index in [2.05, 4.69) is 193 Å². The van der Waals surface area contributed by atoms with Crippen LogP contribution in [0.15, 0.2) is 192 Å². The molecule has 9 aromatic rings. The van der Waals surface area contributed by atoms with Crippen molar-refractivity contribution in [2.45, 2.75) is 0 Å². The van der Waals surface area contributed by atoms with Crippen LogP contribution in [0.5, 0.6) is 0 Å². The summed E-state index contributed by atoms with van der Waals surface area (Å²) in [6.07, 6.45) is 0. The van der Waals surface area contributed by atoms with Gasteiger partial charge in [0.25, 0.3) is 0 Å². The number of fused-ring (bicyclic) bond motifs is 5. The Morgan fingerprint density at radius 1 is 0.354 bits per heavy atom. The normalized spacial score (nSPS) is 11.3. The van der Waals surface area contributed by atoms with Gasteiger partial charge in [0, 0.05) is 33.4 Å². The van der Waals surface area contributed by atoms with Crippen molar-refractivity contribution in [3.63, 3.8) is 0 Å². The molecule has 0 saturated heterocycles. The van der Waals surface area contributed by atoms with Crippen molar-refractivity contribution < 1.29 is 4.42 Å². The monoisotopic (exact) mass is 613 g/mol. The molecule has 2 nitrogen and oxygen atoms in total. The predicted molar refractivity (Wildman–Crippen MR) is 202 cm³/mol. The zero-order valence-corrected chi connectivity index (χ0v) is 26.3. The highest BCUT2D eigenvalue weighted by Gasteiger charge is 2.21. The fraction of sp³-hybridized carbons (Fsp3) is 0. The summed E-state index contributed by atoms with van der Waals surface area (Å²) in [6.45, 7) is 0. The van der Waals surface area contributed by atoms with Gasteiger partial charge in [0.1, 0.15) is 11.2 Å². The molecule has 0 aliphatic heterocycles. The highest BCUT2D eigenvalue weighted by atomic mass is 16.3. The zero-order chi connectivity index (χ0) is 31.9. The van der Waals surface area contributed by atoms with E-state index < -0.39 is 0 Å². The minimum atomic E-state index is 0.893. The van der Waals surface area contributed by atoms with E-state index >= 15 is 0 Å². The number of nitrogens with zero attached hydrogens (tertiary/aromatic N) is 1. The first-order valence-electron chi connectivity index (χ1n) is 16.3. The van der Waals surface area contributed by atoms with Crippen LogP contribution in [-0.4, -0.2) is 0 Å². The number of benzene rings is 8. The van der Waals surface area contributed by atoms with Crippen LogP contribution in [0.1, 0.15) is 0 Å². The van der Waals surface area contributed by atoms with Crippen LogP contribution in [0, 0.1) is 0 Å². The van der Waals surface area contributed by atoms with E-state index in [4.69, 9.17) is 4.42 Å². The molecule has 0 amide bonds. The maximum absolute atomic E-state index is 6.70. The summed E-state index contributed by atoms with van der Waals surface area (Å²) < 4.78 is 6.70. The summed E-state index contributed by atoms with van der Waals surface area (Å²) >= 11 is 0. The Labute approximate surface area is 279 Å². The van der Waals surface area contributed by atoms with Gasteiger partial charge in [0.05, 0.1) is 0 Å². The topological polar surface area (TPSA) is 16.4 Å². The first-order chi connectivity index (χ1) is 23.8. The highest BCUT2D eigenvalue weighted by molar-refractivity contribution is 6.21. The van der Waals surface area contributed by atoms with Crippen molar-refractivity contribution in [1.82, 2.24) is 0 Å². The quantitative estimate of drug-likeness (QED) is 0.185. The predicted octanol–water partition coefficient (Wildman–Crippen LogP) is 13.2. The molecular weight excluding hydrogens is 583 g/mol. The minimum absolute atomic E-state index is 0.893. The molecule has 2 heteroatoms. The molecule has 0 N–H and O–H groups in total. The van der Waals surface area contributed by atoms with Crippen molar-refractivity contribution in [1.29, 1.82) is 0 Å². The van der Waals surface area contributed by atoms with Gasteiger partial charge in [-0.1, -0.05) is 146 Å². The van der Waals surface area contributed by atoms with Gasteiger partial charge in [-0.3, -0.25) is 0 Å². The maximum Gasteiger partial charge on any atom is 0.143 e. The van der Waals surface area contributed by atoms with E-state index in [1.165, 1.54) is 33.0 Å². The average Bonchev–Trinajstić information content (AvgIpc) is 3.56. The molecule has 0 radical (unpaired) electrons. The first-order valence-corrected chi connectivity index (χ1v) is 16.3. The zero-order valence-electron chi connectivity index (χ0n) is 26.3. The van der Waals surface area contributed by atoms with E-state index in [1.54, 1.807) is 0 Å². The Kier molecular flexibility index (Phi) is 6.84.